The second-order valence-corrected chi connectivity index (χ2v) is 4.78. The van der Waals surface area contributed by atoms with E-state index in [-0.39, 0.29) is 18.4 Å². The van der Waals surface area contributed by atoms with E-state index in [4.69, 9.17) is 0 Å². The average molecular weight is 270 g/mol. The van der Waals surface area contributed by atoms with Gasteiger partial charge in [-0.25, -0.2) is 0 Å². The van der Waals surface area contributed by atoms with Crippen molar-refractivity contribution < 1.29 is 9.59 Å². The second-order valence-electron chi connectivity index (χ2n) is 4.78. The number of benzene rings is 1. The van der Waals surface area contributed by atoms with E-state index in [1.807, 2.05) is 24.3 Å². The van der Waals surface area contributed by atoms with Crippen molar-refractivity contribution in [2.45, 2.75) is 13.5 Å². The van der Waals surface area contributed by atoms with Gasteiger partial charge in [-0.15, -0.1) is 0 Å². The van der Waals surface area contributed by atoms with Gasteiger partial charge >= 0.3 is 0 Å². The number of anilines is 1. The van der Waals surface area contributed by atoms with Crippen molar-refractivity contribution in [2.75, 3.05) is 11.9 Å². The van der Waals surface area contributed by atoms with E-state index in [9.17, 15) is 9.59 Å². The lowest BCUT2D eigenvalue weighted by molar-refractivity contribution is -0.116. The number of para-hydroxylation sites is 1. The molecule has 1 aliphatic heterocycles. The summed E-state index contributed by atoms with van der Waals surface area (Å²) in [5.41, 5.74) is 2.88. The summed E-state index contributed by atoms with van der Waals surface area (Å²) < 4.78 is 0. The van der Waals surface area contributed by atoms with Crippen LogP contribution >= 0.6 is 0 Å². The highest BCUT2D eigenvalue weighted by Gasteiger charge is 2.25. The number of H-pyrrole nitrogens is 1. The highest BCUT2D eigenvalue weighted by molar-refractivity contribution is 6.01. The molecule has 20 heavy (non-hydrogen) atoms. The van der Waals surface area contributed by atoms with E-state index in [0.717, 1.165) is 11.3 Å². The first-order valence-electron chi connectivity index (χ1n) is 6.32. The van der Waals surface area contributed by atoms with Crippen molar-refractivity contribution in [3.63, 3.8) is 0 Å². The first kappa shape index (κ1) is 12.4. The number of hydrogen-bond acceptors (Lipinski definition) is 3. The molecule has 0 spiro atoms. The van der Waals surface area contributed by atoms with Gasteiger partial charge in [-0.3, -0.25) is 14.7 Å². The van der Waals surface area contributed by atoms with Gasteiger partial charge in [0.05, 0.1) is 11.8 Å². The van der Waals surface area contributed by atoms with Crippen LogP contribution in [-0.2, 0) is 11.3 Å². The predicted octanol–water partition coefficient (Wildman–Crippen LogP) is 1.31. The number of amides is 2. The molecule has 1 aliphatic rings. The Morgan fingerprint density at radius 3 is 2.85 bits per heavy atom. The number of nitrogens with one attached hydrogen (secondary N) is 2. The SMILES string of the molecule is Cc1[nH]ncc1C(=O)N1CC(=O)Nc2ccccc2C1. The third-order valence-corrected chi connectivity index (χ3v) is 3.33. The first-order chi connectivity index (χ1) is 9.65. The molecule has 0 unspecified atom stereocenters. The first-order valence-corrected chi connectivity index (χ1v) is 6.32. The third-order valence-electron chi connectivity index (χ3n) is 3.33. The number of aryl methyl sites for hydroxylation is 1. The number of carbonyl (C=O) groups is 2. The van der Waals surface area contributed by atoms with Crippen LogP contribution in [0.5, 0.6) is 0 Å². The molecule has 0 aliphatic carbocycles. The maximum absolute atomic E-state index is 12.5. The van der Waals surface area contributed by atoms with Crippen LogP contribution in [0.15, 0.2) is 30.5 Å². The minimum Gasteiger partial charge on any atom is -0.325 e. The summed E-state index contributed by atoms with van der Waals surface area (Å²) in [4.78, 5) is 25.9. The van der Waals surface area contributed by atoms with Gasteiger partial charge in [0.15, 0.2) is 0 Å². The Kier molecular flexibility index (Phi) is 2.98. The van der Waals surface area contributed by atoms with Gasteiger partial charge in [-0.05, 0) is 18.6 Å². The molecule has 0 atom stereocenters. The monoisotopic (exact) mass is 270 g/mol. The van der Waals surface area contributed by atoms with Gasteiger partial charge in [0, 0.05) is 17.9 Å². The van der Waals surface area contributed by atoms with Crippen LogP contribution in [0.4, 0.5) is 5.69 Å². The van der Waals surface area contributed by atoms with Crippen LogP contribution in [0.1, 0.15) is 21.6 Å². The number of rotatable bonds is 1. The zero-order chi connectivity index (χ0) is 14.1. The summed E-state index contributed by atoms with van der Waals surface area (Å²) in [5, 5.41) is 9.40. The molecule has 2 aromatic rings. The Morgan fingerprint density at radius 2 is 2.10 bits per heavy atom. The molecular formula is C14H14N4O2. The normalized spacial score (nSPS) is 14.4. The van der Waals surface area contributed by atoms with Crippen molar-refractivity contribution in [1.82, 2.24) is 15.1 Å². The third kappa shape index (κ3) is 2.16. The van der Waals surface area contributed by atoms with Crippen LogP contribution in [0, 0.1) is 6.92 Å². The van der Waals surface area contributed by atoms with Gasteiger partial charge in [-0.2, -0.15) is 5.10 Å². The van der Waals surface area contributed by atoms with Crippen molar-refractivity contribution in [1.29, 1.82) is 0 Å². The molecule has 2 N–H and O–H groups in total. The van der Waals surface area contributed by atoms with Crippen LogP contribution in [-0.4, -0.2) is 33.5 Å². The Morgan fingerprint density at radius 1 is 1.30 bits per heavy atom. The van der Waals surface area contributed by atoms with E-state index < -0.39 is 0 Å². The lowest BCUT2D eigenvalue weighted by atomic mass is 10.1. The summed E-state index contributed by atoms with van der Waals surface area (Å²) in [7, 11) is 0. The van der Waals surface area contributed by atoms with Gasteiger partial charge in [0.1, 0.15) is 6.54 Å². The Labute approximate surface area is 115 Å². The van der Waals surface area contributed by atoms with Crippen LogP contribution in [0.25, 0.3) is 0 Å². The topological polar surface area (TPSA) is 78.1 Å². The molecule has 6 nitrogen and oxygen atoms in total. The molecule has 3 rings (SSSR count). The number of nitrogens with zero attached hydrogens (tertiary/aromatic N) is 2. The van der Waals surface area contributed by atoms with E-state index >= 15 is 0 Å². The van der Waals surface area contributed by atoms with Crippen molar-refractivity contribution in [3.05, 3.63) is 47.3 Å². The minimum atomic E-state index is -0.192. The smallest absolute Gasteiger partial charge is 0.258 e. The quantitative estimate of drug-likeness (QED) is 0.820. The fourth-order valence-electron chi connectivity index (χ4n) is 2.29. The number of aromatic amines is 1. The van der Waals surface area contributed by atoms with E-state index in [0.29, 0.717) is 17.8 Å². The zero-order valence-electron chi connectivity index (χ0n) is 11.0. The number of aromatic nitrogens is 2. The van der Waals surface area contributed by atoms with Crippen LogP contribution < -0.4 is 5.32 Å². The highest BCUT2D eigenvalue weighted by atomic mass is 16.2. The van der Waals surface area contributed by atoms with Gasteiger partial charge in [0.2, 0.25) is 5.91 Å². The van der Waals surface area contributed by atoms with Gasteiger partial charge < -0.3 is 10.2 Å². The van der Waals surface area contributed by atoms with Gasteiger partial charge in [-0.1, -0.05) is 18.2 Å². The molecule has 2 heterocycles. The Balaban J connectivity index is 1.93. The fraction of sp³-hybridized carbons (Fsp3) is 0.214. The second kappa shape index (κ2) is 4.80. The molecular weight excluding hydrogens is 256 g/mol. The van der Waals surface area contributed by atoms with Gasteiger partial charge in [0.25, 0.3) is 5.91 Å². The minimum absolute atomic E-state index is 0.0398. The summed E-state index contributed by atoms with van der Waals surface area (Å²) in [6.07, 6.45) is 1.49. The van der Waals surface area contributed by atoms with Crippen molar-refractivity contribution in [2.24, 2.45) is 0 Å². The molecule has 0 saturated carbocycles. The summed E-state index contributed by atoms with van der Waals surface area (Å²) in [5.74, 6) is -0.382. The predicted molar refractivity (Wildman–Crippen MR) is 73.1 cm³/mol. The van der Waals surface area contributed by atoms with Crippen molar-refractivity contribution >= 4 is 17.5 Å². The fourth-order valence-corrected chi connectivity index (χ4v) is 2.29. The maximum Gasteiger partial charge on any atom is 0.258 e. The molecule has 1 aromatic heterocycles. The number of fused-ring (bicyclic) bond motifs is 1. The summed E-state index contributed by atoms with van der Waals surface area (Å²) >= 11 is 0. The number of carbonyl (C=O) groups excluding carboxylic acids is 2. The summed E-state index contributed by atoms with van der Waals surface area (Å²) in [6.45, 7) is 2.22. The molecule has 2 amide bonds. The van der Waals surface area contributed by atoms with E-state index in [2.05, 4.69) is 15.5 Å². The maximum atomic E-state index is 12.5. The van der Waals surface area contributed by atoms with E-state index in [1.165, 1.54) is 11.1 Å². The summed E-state index contributed by atoms with van der Waals surface area (Å²) in [6, 6.07) is 7.49. The van der Waals surface area contributed by atoms with Crippen LogP contribution in [0.3, 0.4) is 0 Å². The Bertz CT molecular complexity index is 677. The molecule has 0 radical (unpaired) electrons. The van der Waals surface area contributed by atoms with E-state index in [1.54, 1.807) is 6.92 Å². The Hall–Kier alpha value is -2.63. The average Bonchev–Trinajstić information content (AvgIpc) is 2.77. The molecule has 6 heteroatoms. The zero-order valence-corrected chi connectivity index (χ0v) is 11.0. The molecule has 1 aromatic carbocycles. The standard InChI is InChI=1S/C14H14N4O2/c1-9-11(6-15-17-9)14(20)18-7-10-4-2-3-5-12(10)16-13(19)8-18/h2-6H,7-8H2,1H3,(H,15,17)(H,16,19). The molecule has 0 fully saturated rings. The highest BCUT2D eigenvalue weighted by Crippen LogP contribution is 2.21. The van der Waals surface area contributed by atoms with Crippen molar-refractivity contribution in [3.8, 4) is 0 Å². The molecule has 0 bridgehead atoms. The number of hydrogen-bond donors (Lipinski definition) is 2. The molecule has 0 saturated heterocycles. The molecule has 102 valence electrons. The lowest BCUT2D eigenvalue weighted by Crippen LogP contribution is -2.35. The lowest BCUT2D eigenvalue weighted by Gasteiger charge is -2.19. The largest absolute Gasteiger partial charge is 0.325 e. The van der Waals surface area contributed by atoms with Crippen LogP contribution in [0.2, 0.25) is 0 Å².